The minimum Gasteiger partial charge on any atom is -0.494 e. The molecule has 0 aliphatic carbocycles. The highest BCUT2D eigenvalue weighted by Gasteiger charge is 2.34. The van der Waals surface area contributed by atoms with Crippen LogP contribution in [0, 0.1) is 0 Å². The van der Waals surface area contributed by atoms with Crippen LogP contribution in [0.3, 0.4) is 0 Å². The molecule has 30 heavy (non-hydrogen) atoms. The molecule has 9 nitrogen and oxygen atoms in total. The van der Waals surface area contributed by atoms with Crippen molar-refractivity contribution in [3.8, 4) is 5.75 Å². The van der Waals surface area contributed by atoms with Crippen LogP contribution in [0.2, 0.25) is 5.02 Å². The summed E-state index contributed by atoms with van der Waals surface area (Å²) in [5.74, 6) is -0.162. The number of halogens is 1. The highest BCUT2D eigenvalue weighted by Crippen LogP contribution is 2.26. The molecule has 0 spiro atoms. The first-order chi connectivity index (χ1) is 14.2. The number of hydrogen-bond donors (Lipinski definition) is 1. The predicted octanol–water partition coefficient (Wildman–Crippen LogP) is 3.87. The number of rotatable bonds is 8. The largest absolute Gasteiger partial charge is 0.494 e. The molecule has 158 valence electrons. The Morgan fingerprint density at radius 1 is 1.23 bits per heavy atom. The summed E-state index contributed by atoms with van der Waals surface area (Å²) >= 11 is 5.98. The van der Waals surface area contributed by atoms with Crippen molar-refractivity contribution >= 4 is 44.7 Å². The van der Waals surface area contributed by atoms with Crippen LogP contribution in [-0.2, 0) is 14.9 Å². The second-order valence-electron chi connectivity index (χ2n) is 6.47. The summed E-state index contributed by atoms with van der Waals surface area (Å²) in [5.41, 5.74) is 1.59. The molecule has 11 heteroatoms. The molecule has 1 aliphatic heterocycles. The fraction of sp³-hybridized carbons (Fsp3) is 0.263. The fourth-order valence-electron chi connectivity index (χ4n) is 2.65. The molecule has 1 N–H and O–H groups in total. The van der Waals surface area contributed by atoms with Gasteiger partial charge in [-0.3, -0.25) is 9.35 Å². The Morgan fingerprint density at radius 2 is 1.97 bits per heavy atom. The third-order valence-electron chi connectivity index (χ3n) is 4.09. The first-order valence-corrected chi connectivity index (χ1v) is 11.0. The van der Waals surface area contributed by atoms with Crippen molar-refractivity contribution in [3.05, 3.63) is 53.6 Å². The summed E-state index contributed by atoms with van der Waals surface area (Å²) in [7, 11) is -3.99. The van der Waals surface area contributed by atoms with E-state index in [-0.39, 0.29) is 24.7 Å². The number of benzene rings is 2. The first-order valence-electron chi connectivity index (χ1n) is 8.96. The maximum absolute atomic E-state index is 12.7. The summed E-state index contributed by atoms with van der Waals surface area (Å²) < 4.78 is 35.4. The smallest absolute Gasteiger partial charge is 0.280 e. The zero-order valence-corrected chi connectivity index (χ0v) is 17.5. The number of azo groups is 1. The van der Waals surface area contributed by atoms with Crippen molar-refractivity contribution in [2.24, 2.45) is 15.3 Å². The van der Waals surface area contributed by atoms with Crippen molar-refractivity contribution in [1.82, 2.24) is 0 Å². The third kappa shape index (κ3) is 5.85. The summed E-state index contributed by atoms with van der Waals surface area (Å²) in [5, 5.41) is 14.2. The van der Waals surface area contributed by atoms with Gasteiger partial charge in [-0.25, -0.2) is 0 Å². The van der Waals surface area contributed by atoms with Crippen LogP contribution in [0.5, 0.6) is 5.75 Å². The number of ether oxygens (including phenoxy) is 1. The van der Waals surface area contributed by atoms with E-state index in [2.05, 4.69) is 15.3 Å². The van der Waals surface area contributed by atoms with Crippen LogP contribution >= 0.6 is 11.6 Å². The number of nitrogens with zero attached hydrogens (tertiary/aromatic N) is 4. The van der Waals surface area contributed by atoms with Crippen molar-refractivity contribution in [2.45, 2.75) is 19.4 Å². The van der Waals surface area contributed by atoms with Gasteiger partial charge in [-0.2, -0.15) is 28.8 Å². The van der Waals surface area contributed by atoms with E-state index in [1.807, 2.05) is 0 Å². The molecule has 3 rings (SSSR count). The lowest BCUT2D eigenvalue weighted by atomic mass is 10.2. The van der Waals surface area contributed by atoms with Gasteiger partial charge < -0.3 is 4.74 Å². The van der Waals surface area contributed by atoms with Gasteiger partial charge in [-0.15, -0.1) is 0 Å². The summed E-state index contributed by atoms with van der Waals surface area (Å²) in [6, 6.07) is 12.6. The first kappa shape index (κ1) is 21.9. The van der Waals surface area contributed by atoms with Crippen molar-refractivity contribution in [1.29, 1.82) is 0 Å². The maximum Gasteiger partial charge on any atom is 0.280 e. The number of carbonyl (C=O) groups excluding carboxylic acids is 1. The highest BCUT2D eigenvalue weighted by atomic mass is 35.5. The van der Waals surface area contributed by atoms with E-state index in [9.17, 15) is 13.2 Å². The number of carbonyl (C=O) groups is 1. The molecule has 1 aliphatic rings. The van der Waals surface area contributed by atoms with E-state index in [4.69, 9.17) is 20.9 Å². The fourth-order valence-corrected chi connectivity index (χ4v) is 3.31. The van der Waals surface area contributed by atoms with Crippen LogP contribution in [0.15, 0.2) is 63.9 Å². The second-order valence-corrected chi connectivity index (χ2v) is 8.48. The van der Waals surface area contributed by atoms with Gasteiger partial charge in [-0.1, -0.05) is 17.7 Å². The number of anilines is 1. The highest BCUT2D eigenvalue weighted by molar-refractivity contribution is 7.85. The molecule has 0 aromatic heterocycles. The lowest BCUT2D eigenvalue weighted by molar-refractivity contribution is -0.117. The predicted molar refractivity (Wildman–Crippen MR) is 113 cm³/mol. The molecular weight excluding hydrogens is 432 g/mol. The van der Waals surface area contributed by atoms with E-state index >= 15 is 0 Å². The minimum absolute atomic E-state index is 0.145. The zero-order valence-electron chi connectivity index (χ0n) is 16.0. The Bertz CT molecular complexity index is 1090. The average molecular weight is 451 g/mol. The number of hydrogen-bond acceptors (Lipinski definition) is 7. The third-order valence-corrected chi connectivity index (χ3v) is 5.13. The van der Waals surface area contributed by atoms with Crippen LogP contribution in [0.4, 0.5) is 11.4 Å². The van der Waals surface area contributed by atoms with Crippen LogP contribution < -0.4 is 9.75 Å². The molecule has 0 radical (unpaired) electrons. The normalized spacial score (nSPS) is 16.9. The number of amides is 1. The SMILES string of the molecule is CC1=NN(c2cccc(Cl)c2)C(=O)C1N=Nc1ccc(OCCCS(=O)(=O)O)cc1. The van der Waals surface area contributed by atoms with E-state index in [0.717, 1.165) is 0 Å². The Kier molecular flexibility index (Phi) is 6.80. The molecule has 2 aromatic carbocycles. The molecule has 2 aromatic rings. The van der Waals surface area contributed by atoms with Gasteiger partial charge in [0.1, 0.15) is 5.75 Å². The lowest BCUT2D eigenvalue weighted by Crippen LogP contribution is -2.29. The van der Waals surface area contributed by atoms with Crippen LogP contribution in [0.1, 0.15) is 13.3 Å². The number of hydrazone groups is 1. The van der Waals surface area contributed by atoms with E-state index < -0.39 is 16.2 Å². The van der Waals surface area contributed by atoms with Crippen molar-refractivity contribution < 1.29 is 22.5 Å². The van der Waals surface area contributed by atoms with Gasteiger partial charge in [0, 0.05) is 5.02 Å². The molecule has 0 bridgehead atoms. The van der Waals surface area contributed by atoms with Gasteiger partial charge in [-0.05, 0) is 55.8 Å². The van der Waals surface area contributed by atoms with Crippen LogP contribution in [0.25, 0.3) is 0 Å². The van der Waals surface area contributed by atoms with E-state index in [0.29, 0.717) is 27.9 Å². The summed E-state index contributed by atoms with van der Waals surface area (Å²) in [6.45, 7) is 1.85. The molecule has 0 saturated heterocycles. The molecular formula is C19H19ClN4O5S. The van der Waals surface area contributed by atoms with E-state index in [1.54, 1.807) is 55.5 Å². The molecule has 0 saturated carbocycles. The quantitative estimate of drug-likeness (QED) is 0.371. The van der Waals surface area contributed by atoms with Crippen molar-refractivity contribution in [3.63, 3.8) is 0 Å². The Labute approximate surface area is 178 Å². The molecule has 0 fully saturated rings. The van der Waals surface area contributed by atoms with E-state index in [1.165, 1.54) is 5.01 Å². The topological polar surface area (TPSA) is 121 Å². The molecule has 1 unspecified atom stereocenters. The molecule has 1 atom stereocenters. The summed E-state index contributed by atoms with van der Waals surface area (Å²) in [4.78, 5) is 12.7. The zero-order chi connectivity index (χ0) is 21.7. The Hall–Kier alpha value is -2.82. The minimum atomic E-state index is -3.99. The van der Waals surface area contributed by atoms with Gasteiger partial charge in [0.15, 0.2) is 6.04 Å². The molecule has 1 heterocycles. The summed E-state index contributed by atoms with van der Waals surface area (Å²) in [6.07, 6.45) is 0.172. The van der Waals surface area contributed by atoms with Crippen LogP contribution in [-0.4, -0.2) is 43.0 Å². The standard InChI is InChI=1S/C19H19ClN4O5S/c1-13-18(19(25)24(23-13)16-5-2-4-14(20)12-16)22-21-15-6-8-17(9-7-15)29-10-3-11-30(26,27)28/h2,4-9,12,18H,3,10-11H2,1H3,(H,26,27,28). The Morgan fingerprint density at radius 3 is 2.63 bits per heavy atom. The van der Waals surface area contributed by atoms with Crippen molar-refractivity contribution in [2.75, 3.05) is 17.4 Å². The van der Waals surface area contributed by atoms with Gasteiger partial charge in [0.2, 0.25) is 0 Å². The van der Waals surface area contributed by atoms with Gasteiger partial charge >= 0.3 is 0 Å². The lowest BCUT2D eigenvalue weighted by Gasteiger charge is -2.12. The van der Waals surface area contributed by atoms with Gasteiger partial charge in [0.25, 0.3) is 16.0 Å². The molecule has 1 amide bonds. The average Bonchev–Trinajstić information content (AvgIpc) is 2.97. The second kappa shape index (κ2) is 9.33. The van der Waals surface area contributed by atoms with Gasteiger partial charge in [0.05, 0.1) is 29.4 Å². The monoisotopic (exact) mass is 450 g/mol. The maximum atomic E-state index is 12.7. The Balaban J connectivity index is 1.59.